The summed E-state index contributed by atoms with van der Waals surface area (Å²) in [5.74, 6) is 0.941. The Bertz CT molecular complexity index is 486. The highest BCUT2D eigenvalue weighted by molar-refractivity contribution is 5.01. The summed E-state index contributed by atoms with van der Waals surface area (Å²) < 4.78 is 3.97. The minimum Gasteiger partial charge on any atom is -0.319 e. The van der Waals surface area contributed by atoms with E-state index in [0.29, 0.717) is 0 Å². The molecular weight excluding hydrogens is 228 g/mol. The van der Waals surface area contributed by atoms with Gasteiger partial charge in [0.15, 0.2) is 0 Å². The summed E-state index contributed by atoms with van der Waals surface area (Å²) in [5, 5.41) is 15.7. The van der Waals surface area contributed by atoms with Crippen molar-refractivity contribution in [1.29, 1.82) is 0 Å². The summed E-state index contributed by atoms with van der Waals surface area (Å²) in [6.07, 6.45) is 4.65. The van der Waals surface area contributed by atoms with Crippen molar-refractivity contribution >= 4 is 0 Å². The molecular formula is C12H20N6. The highest BCUT2D eigenvalue weighted by Gasteiger charge is 2.11. The van der Waals surface area contributed by atoms with Crippen LogP contribution in [0.5, 0.6) is 0 Å². The van der Waals surface area contributed by atoms with Gasteiger partial charge in [0, 0.05) is 26.3 Å². The van der Waals surface area contributed by atoms with E-state index < -0.39 is 0 Å². The SMILES string of the molecule is CCCn1nccc1CNC(C)c1nncn1C. The Kier molecular flexibility index (Phi) is 4.09. The first kappa shape index (κ1) is 12.8. The third-order valence-electron chi connectivity index (χ3n) is 2.96. The van der Waals surface area contributed by atoms with Crippen LogP contribution in [0.15, 0.2) is 18.6 Å². The number of nitrogens with zero attached hydrogens (tertiary/aromatic N) is 5. The van der Waals surface area contributed by atoms with Gasteiger partial charge in [0.2, 0.25) is 0 Å². The van der Waals surface area contributed by atoms with E-state index in [-0.39, 0.29) is 6.04 Å². The molecule has 0 amide bonds. The Hall–Kier alpha value is -1.69. The van der Waals surface area contributed by atoms with Crippen LogP contribution in [0.1, 0.15) is 37.8 Å². The fourth-order valence-corrected chi connectivity index (χ4v) is 1.96. The molecule has 0 aliphatic rings. The van der Waals surface area contributed by atoms with Gasteiger partial charge < -0.3 is 9.88 Å². The maximum atomic E-state index is 4.31. The lowest BCUT2D eigenvalue weighted by molar-refractivity contribution is 0.494. The molecule has 0 spiro atoms. The Morgan fingerprint density at radius 1 is 1.44 bits per heavy atom. The molecule has 2 heterocycles. The average Bonchev–Trinajstić information content (AvgIpc) is 2.96. The van der Waals surface area contributed by atoms with E-state index in [1.165, 1.54) is 5.69 Å². The fraction of sp³-hybridized carbons (Fsp3) is 0.583. The van der Waals surface area contributed by atoms with Crippen LogP contribution in [0.25, 0.3) is 0 Å². The molecule has 0 bridgehead atoms. The molecule has 1 atom stereocenters. The van der Waals surface area contributed by atoms with Crippen LogP contribution < -0.4 is 5.32 Å². The lowest BCUT2D eigenvalue weighted by Gasteiger charge is -2.13. The van der Waals surface area contributed by atoms with Gasteiger partial charge in [0.25, 0.3) is 0 Å². The maximum Gasteiger partial charge on any atom is 0.149 e. The minimum absolute atomic E-state index is 0.169. The Labute approximate surface area is 107 Å². The molecule has 1 unspecified atom stereocenters. The zero-order valence-corrected chi connectivity index (χ0v) is 11.2. The van der Waals surface area contributed by atoms with E-state index >= 15 is 0 Å². The second-order valence-electron chi connectivity index (χ2n) is 4.45. The van der Waals surface area contributed by atoms with E-state index in [4.69, 9.17) is 0 Å². The number of aryl methyl sites for hydroxylation is 2. The van der Waals surface area contributed by atoms with Crippen molar-refractivity contribution < 1.29 is 0 Å². The zero-order valence-electron chi connectivity index (χ0n) is 11.2. The van der Waals surface area contributed by atoms with Crippen LogP contribution >= 0.6 is 0 Å². The van der Waals surface area contributed by atoms with Crippen molar-refractivity contribution in [2.75, 3.05) is 0 Å². The lowest BCUT2D eigenvalue weighted by atomic mass is 10.3. The summed E-state index contributed by atoms with van der Waals surface area (Å²) in [4.78, 5) is 0. The predicted molar refractivity (Wildman–Crippen MR) is 68.8 cm³/mol. The molecule has 0 saturated carbocycles. The van der Waals surface area contributed by atoms with E-state index in [0.717, 1.165) is 25.3 Å². The molecule has 2 aromatic heterocycles. The minimum atomic E-state index is 0.169. The zero-order chi connectivity index (χ0) is 13.0. The summed E-state index contributed by atoms with van der Waals surface area (Å²) in [6, 6.07) is 2.22. The van der Waals surface area contributed by atoms with Gasteiger partial charge in [-0.3, -0.25) is 4.68 Å². The quantitative estimate of drug-likeness (QED) is 0.836. The molecule has 2 rings (SSSR count). The van der Waals surface area contributed by atoms with Gasteiger partial charge in [-0.15, -0.1) is 10.2 Å². The molecule has 98 valence electrons. The van der Waals surface area contributed by atoms with Crippen molar-refractivity contribution in [2.45, 2.75) is 39.4 Å². The van der Waals surface area contributed by atoms with Gasteiger partial charge >= 0.3 is 0 Å². The largest absolute Gasteiger partial charge is 0.319 e. The number of aromatic nitrogens is 5. The third-order valence-corrected chi connectivity index (χ3v) is 2.96. The third kappa shape index (κ3) is 2.76. The van der Waals surface area contributed by atoms with Gasteiger partial charge in [0.1, 0.15) is 12.2 Å². The standard InChI is InChI=1S/C12H20N6/c1-4-7-18-11(5-6-15-18)8-13-10(2)12-16-14-9-17(12)3/h5-6,9-10,13H,4,7-8H2,1-3H3. The van der Waals surface area contributed by atoms with Crippen molar-refractivity contribution in [2.24, 2.45) is 7.05 Å². The van der Waals surface area contributed by atoms with Gasteiger partial charge in [0.05, 0.1) is 11.7 Å². The Morgan fingerprint density at radius 2 is 2.28 bits per heavy atom. The summed E-state index contributed by atoms with van der Waals surface area (Å²) in [7, 11) is 1.95. The fourth-order valence-electron chi connectivity index (χ4n) is 1.96. The van der Waals surface area contributed by atoms with Crippen LogP contribution in [-0.4, -0.2) is 24.5 Å². The monoisotopic (exact) mass is 248 g/mol. The van der Waals surface area contributed by atoms with E-state index in [9.17, 15) is 0 Å². The lowest BCUT2D eigenvalue weighted by Crippen LogP contribution is -2.22. The molecule has 18 heavy (non-hydrogen) atoms. The first-order valence-electron chi connectivity index (χ1n) is 6.30. The number of hydrogen-bond acceptors (Lipinski definition) is 4. The smallest absolute Gasteiger partial charge is 0.149 e. The summed E-state index contributed by atoms with van der Waals surface area (Å²) in [6.45, 7) is 5.99. The topological polar surface area (TPSA) is 60.6 Å². The highest BCUT2D eigenvalue weighted by Crippen LogP contribution is 2.09. The molecule has 0 saturated heterocycles. The molecule has 6 heteroatoms. The normalized spacial score (nSPS) is 12.8. The van der Waals surface area contributed by atoms with Crippen LogP contribution in [0.4, 0.5) is 0 Å². The summed E-state index contributed by atoms with van der Waals surface area (Å²) >= 11 is 0. The van der Waals surface area contributed by atoms with Gasteiger partial charge in [-0.25, -0.2) is 0 Å². The van der Waals surface area contributed by atoms with Crippen LogP contribution in [0.2, 0.25) is 0 Å². The Morgan fingerprint density at radius 3 is 2.94 bits per heavy atom. The molecule has 1 N–H and O–H groups in total. The van der Waals surface area contributed by atoms with Crippen molar-refractivity contribution in [1.82, 2.24) is 29.9 Å². The van der Waals surface area contributed by atoms with Crippen LogP contribution in [0, 0.1) is 0 Å². The number of nitrogens with one attached hydrogen (secondary N) is 1. The molecule has 0 aromatic carbocycles. The molecule has 0 fully saturated rings. The number of hydrogen-bond donors (Lipinski definition) is 1. The van der Waals surface area contributed by atoms with Crippen molar-refractivity contribution in [3.05, 3.63) is 30.1 Å². The van der Waals surface area contributed by atoms with Gasteiger partial charge in [-0.2, -0.15) is 5.10 Å². The van der Waals surface area contributed by atoms with E-state index in [2.05, 4.69) is 34.5 Å². The molecule has 6 nitrogen and oxygen atoms in total. The molecule has 0 radical (unpaired) electrons. The predicted octanol–water partition coefficient (Wildman–Crippen LogP) is 1.27. The molecule has 0 aliphatic carbocycles. The van der Waals surface area contributed by atoms with Crippen molar-refractivity contribution in [3.63, 3.8) is 0 Å². The molecule has 2 aromatic rings. The van der Waals surface area contributed by atoms with E-state index in [1.807, 2.05) is 28.6 Å². The van der Waals surface area contributed by atoms with Gasteiger partial charge in [-0.1, -0.05) is 6.92 Å². The first-order valence-corrected chi connectivity index (χ1v) is 6.30. The average molecular weight is 248 g/mol. The first-order chi connectivity index (χ1) is 8.72. The van der Waals surface area contributed by atoms with E-state index in [1.54, 1.807) is 6.33 Å². The van der Waals surface area contributed by atoms with Crippen LogP contribution in [0.3, 0.4) is 0 Å². The second-order valence-corrected chi connectivity index (χ2v) is 4.45. The molecule has 0 aliphatic heterocycles. The maximum absolute atomic E-state index is 4.31. The Balaban J connectivity index is 1.95. The van der Waals surface area contributed by atoms with Gasteiger partial charge in [-0.05, 0) is 19.4 Å². The van der Waals surface area contributed by atoms with Crippen molar-refractivity contribution in [3.8, 4) is 0 Å². The number of rotatable bonds is 6. The summed E-state index contributed by atoms with van der Waals surface area (Å²) in [5.41, 5.74) is 1.20. The highest BCUT2D eigenvalue weighted by atomic mass is 15.3. The second kappa shape index (κ2) is 5.77. The van der Waals surface area contributed by atoms with Crippen LogP contribution in [-0.2, 0) is 20.1 Å².